The van der Waals surface area contributed by atoms with E-state index >= 15 is 0 Å². The predicted molar refractivity (Wildman–Crippen MR) is 94.9 cm³/mol. The third kappa shape index (κ3) is 3.25. The lowest BCUT2D eigenvalue weighted by Crippen LogP contribution is -2.26. The molecule has 0 saturated carbocycles. The number of amides is 1. The molecule has 2 heterocycles. The van der Waals surface area contributed by atoms with Gasteiger partial charge in [0, 0.05) is 18.0 Å². The van der Waals surface area contributed by atoms with E-state index in [1.165, 1.54) is 0 Å². The number of primary amides is 1. The minimum Gasteiger partial charge on any atom is -0.385 e. The van der Waals surface area contributed by atoms with Crippen molar-refractivity contribution in [3.63, 3.8) is 0 Å². The highest BCUT2D eigenvalue weighted by Crippen LogP contribution is 2.31. The fraction of sp³-hybridized carbons (Fsp3) is 0.400. The van der Waals surface area contributed by atoms with E-state index in [9.17, 15) is 4.79 Å². The molecule has 0 radical (unpaired) electrons. The Balaban J connectivity index is 1.84. The van der Waals surface area contributed by atoms with Gasteiger partial charge in [-0.2, -0.15) is 0 Å². The minimum absolute atomic E-state index is 0.371. The number of nitrogens with zero attached hydrogens (tertiary/aromatic N) is 2. The first-order valence-electron chi connectivity index (χ1n) is 7.17. The Labute approximate surface area is 137 Å². The summed E-state index contributed by atoms with van der Waals surface area (Å²) in [6, 6.07) is 5.76. The summed E-state index contributed by atoms with van der Waals surface area (Å²) in [5, 5.41) is 5.11. The molecule has 3 N–H and O–H groups in total. The van der Waals surface area contributed by atoms with Gasteiger partial charge in [-0.25, -0.2) is 4.98 Å². The molecule has 1 aliphatic rings. The van der Waals surface area contributed by atoms with Crippen LogP contribution in [0.3, 0.4) is 0 Å². The largest absolute Gasteiger partial charge is 0.385 e. The zero-order chi connectivity index (χ0) is 15.7. The van der Waals surface area contributed by atoms with E-state index in [1.54, 1.807) is 23.1 Å². The summed E-state index contributed by atoms with van der Waals surface area (Å²) in [5.41, 5.74) is 7.37. The van der Waals surface area contributed by atoms with Crippen LogP contribution in [0.2, 0.25) is 0 Å². The molecule has 22 heavy (non-hydrogen) atoms. The molecule has 1 atom stereocenters. The van der Waals surface area contributed by atoms with Gasteiger partial charge in [-0.05, 0) is 24.1 Å². The van der Waals surface area contributed by atoms with Crippen LogP contribution in [0.1, 0.15) is 18.9 Å². The lowest BCUT2D eigenvalue weighted by atomic mass is 10.2. The van der Waals surface area contributed by atoms with E-state index in [4.69, 9.17) is 5.73 Å². The first-order chi connectivity index (χ1) is 10.5. The van der Waals surface area contributed by atoms with E-state index < -0.39 is 6.04 Å². The van der Waals surface area contributed by atoms with Gasteiger partial charge in [0.2, 0.25) is 5.91 Å². The van der Waals surface area contributed by atoms with Crippen molar-refractivity contribution in [1.29, 1.82) is 0 Å². The van der Waals surface area contributed by atoms with E-state index in [0.29, 0.717) is 11.7 Å². The fourth-order valence-electron chi connectivity index (χ4n) is 2.08. The van der Waals surface area contributed by atoms with Gasteiger partial charge in [0.25, 0.3) is 0 Å². The monoisotopic (exact) mass is 334 g/mol. The van der Waals surface area contributed by atoms with Crippen molar-refractivity contribution >= 4 is 50.0 Å². The maximum absolute atomic E-state index is 11.2. The number of hydrogen-bond acceptors (Lipinski definition) is 6. The van der Waals surface area contributed by atoms with Crippen molar-refractivity contribution in [3.8, 4) is 0 Å². The molecule has 2 aromatic rings. The molecule has 1 amide bonds. The number of nitrogens with one attached hydrogen (secondary N) is 1. The van der Waals surface area contributed by atoms with E-state index in [1.807, 2.05) is 12.1 Å². The molecule has 0 spiro atoms. The van der Waals surface area contributed by atoms with Gasteiger partial charge in [0.1, 0.15) is 16.1 Å². The minimum atomic E-state index is -0.421. The van der Waals surface area contributed by atoms with Crippen molar-refractivity contribution < 1.29 is 4.79 Å². The van der Waals surface area contributed by atoms with Gasteiger partial charge in [-0.3, -0.25) is 9.79 Å². The number of nitrogens with two attached hydrogens (primary N) is 1. The molecule has 116 valence electrons. The Morgan fingerprint density at radius 3 is 3.00 bits per heavy atom. The number of rotatable bonds is 5. The summed E-state index contributed by atoms with van der Waals surface area (Å²) in [6.07, 6.45) is 0. The van der Waals surface area contributed by atoms with E-state index in [2.05, 4.69) is 35.2 Å². The zero-order valence-electron chi connectivity index (χ0n) is 12.5. The second-order valence-electron chi connectivity index (χ2n) is 5.64. The van der Waals surface area contributed by atoms with Crippen LogP contribution in [0.15, 0.2) is 23.2 Å². The van der Waals surface area contributed by atoms with Crippen LogP contribution in [0.4, 0.5) is 5.69 Å². The molecule has 0 unspecified atom stereocenters. The summed E-state index contributed by atoms with van der Waals surface area (Å²) in [7, 11) is 0. The Morgan fingerprint density at radius 1 is 1.50 bits per heavy atom. The van der Waals surface area contributed by atoms with Crippen LogP contribution < -0.4 is 11.1 Å². The molecule has 1 aromatic heterocycles. The van der Waals surface area contributed by atoms with Gasteiger partial charge in [-0.15, -0.1) is 23.1 Å². The Morgan fingerprint density at radius 2 is 2.32 bits per heavy atom. The number of thioether (sulfide) groups is 1. The molecule has 1 aromatic carbocycles. The second-order valence-corrected chi connectivity index (χ2v) is 7.68. The highest BCUT2D eigenvalue weighted by Gasteiger charge is 2.25. The Kier molecular flexibility index (Phi) is 4.35. The number of hydrogen-bond donors (Lipinski definition) is 2. The molecule has 0 fully saturated rings. The van der Waals surface area contributed by atoms with Crippen molar-refractivity contribution in [3.05, 3.63) is 23.2 Å². The first-order valence-corrected chi connectivity index (χ1v) is 8.98. The summed E-state index contributed by atoms with van der Waals surface area (Å²) in [4.78, 5) is 20.2. The normalized spacial score (nSPS) is 18.0. The fourth-order valence-corrected chi connectivity index (χ4v) is 4.21. The molecule has 0 aliphatic carbocycles. The maximum Gasteiger partial charge on any atom is 0.243 e. The van der Waals surface area contributed by atoms with Crippen molar-refractivity contribution in [2.45, 2.75) is 19.9 Å². The van der Waals surface area contributed by atoms with Gasteiger partial charge in [0.15, 0.2) is 0 Å². The predicted octanol–water partition coefficient (Wildman–Crippen LogP) is 2.71. The van der Waals surface area contributed by atoms with Crippen molar-refractivity contribution in [2.75, 3.05) is 17.6 Å². The molecule has 1 aliphatic heterocycles. The number of aromatic nitrogens is 1. The summed E-state index contributed by atoms with van der Waals surface area (Å²) < 4.78 is 1.12. The van der Waals surface area contributed by atoms with Gasteiger partial charge in [-0.1, -0.05) is 13.8 Å². The molecule has 5 nitrogen and oxygen atoms in total. The number of carbonyl (C=O) groups excluding carboxylic acids is 1. The topological polar surface area (TPSA) is 80.4 Å². The smallest absolute Gasteiger partial charge is 0.243 e. The maximum atomic E-state index is 11.2. The lowest BCUT2D eigenvalue weighted by molar-refractivity contribution is -0.118. The summed E-state index contributed by atoms with van der Waals surface area (Å²) in [5.74, 6) is 0.841. The molecule has 0 saturated heterocycles. The van der Waals surface area contributed by atoms with Crippen LogP contribution in [-0.4, -0.2) is 34.3 Å². The van der Waals surface area contributed by atoms with E-state index in [-0.39, 0.29) is 5.91 Å². The van der Waals surface area contributed by atoms with E-state index in [0.717, 1.165) is 32.5 Å². The standard InChI is InChI=1S/C15H18N4OS2/c1-8(2)6-17-9-3-4-10-12(5-9)22-15(18-10)14-19-11(7-21-14)13(16)20/h3-5,8,11,17H,6-7H2,1-2H3,(H2,16,20)/t11-/m1/s1. The first kappa shape index (κ1) is 15.3. The third-order valence-electron chi connectivity index (χ3n) is 3.27. The average Bonchev–Trinajstić information content (AvgIpc) is 3.10. The Bertz CT molecular complexity index is 738. The van der Waals surface area contributed by atoms with Crippen LogP contribution in [0.5, 0.6) is 0 Å². The number of benzene rings is 1. The SMILES string of the molecule is CC(C)CNc1ccc2nc(C3=N[C@@H](C(N)=O)CS3)sc2c1. The summed E-state index contributed by atoms with van der Waals surface area (Å²) in [6.45, 7) is 5.31. The molecular weight excluding hydrogens is 316 g/mol. The van der Waals surface area contributed by atoms with Crippen molar-refractivity contribution in [2.24, 2.45) is 16.6 Å². The van der Waals surface area contributed by atoms with Gasteiger partial charge < -0.3 is 11.1 Å². The van der Waals surface area contributed by atoms with Crippen LogP contribution in [0, 0.1) is 5.92 Å². The number of carbonyl (C=O) groups is 1. The zero-order valence-corrected chi connectivity index (χ0v) is 14.1. The van der Waals surface area contributed by atoms with Crippen LogP contribution in [0.25, 0.3) is 10.2 Å². The number of thiazole rings is 1. The van der Waals surface area contributed by atoms with Crippen LogP contribution in [-0.2, 0) is 4.79 Å². The quantitative estimate of drug-likeness (QED) is 0.881. The second kappa shape index (κ2) is 6.26. The highest BCUT2D eigenvalue weighted by atomic mass is 32.2. The molecule has 0 bridgehead atoms. The average molecular weight is 334 g/mol. The number of aliphatic imine (C=N–C) groups is 1. The summed E-state index contributed by atoms with van der Waals surface area (Å²) >= 11 is 3.15. The van der Waals surface area contributed by atoms with Crippen molar-refractivity contribution in [1.82, 2.24) is 4.98 Å². The van der Waals surface area contributed by atoms with Gasteiger partial charge >= 0.3 is 0 Å². The lowest BCUT2D eigenvalue weighted by Gasteiger charge is -2.08. The third-order valence-corrected chi connectivity index (χ3v) is 5.47. The van der Waals surface area contributed by atoms with Crippen LogP contribution >= 0.6 is 23.1 Å². The molecular formula is C15H18N4OS2. The highest BCUT2D eigenvalue weighted by molar-refractivity contribution is 8.15. The van der Waals surface area contributed by atoms with Gasteiger partial charge in [0.05, 0.1) is 10.2 Å². The molecule has 3 rings (SSSR count). The molecule has 7 heteroatoms. The number of anilines is 1. The number of fused-ring (bicyclic) bond motifs is 1. The Hall–Kier alpha value is -1.60.